The molecule has 0 aliphatic heterocycles. The number of carbonyl (C=O) groups is 2. The van der Waals surface area contributed by atoms with Crippen molar-refractivity contribution in [3.8, 4) is 0 Å². The molecule has 98 valence electrons. The summed E-state index contributed by atoms with van der Waals surface area (Å²) >= 11 is 0. The van der Waals surface area contributed by atoms with E-state index in [0.29, 0.717) is 18.8 Å². The van der Waals surface area contributed by atoms with Crippen molar-refractivity contribution in [1.82, 2.24) is 5.32 Å². The Morgan fingerprint density at radius 3 is 2.47 bits per heavy atom. The molecule has 1 atom stereocenters. The van der Waals surface area contributed by atoms with Gasteiger partial charge >= 0.3 is 5.97 Å². The molecule has 2 N–H and O–H groups in total. The Bertz CT molecular complexity index is 286. The van der Waals surface area contributed by atoms with Gasteiger partial charge in [0.05, 0.1) is 0 Å². The third-order valence-electron chi connectivity index (χ3n) is 3.64. The summed E-state index contributed by atoms with van der Waals surface area (Å²) < 4.78 is 0. The first-order valence-corrected chi connectivity index (χ1v) is 6.52. The molecule has 0 saturated heterocycles. The standard InChI is InChI=1S/C13H23NO3/c1-3-9-13(2,12(16)17)14-11(15)8-7-10-5-4-6-10/h10H,3-9H2,1-2H3,(H,14,15)(H,16,17). The molecule has 4 nitrogen and oxygen atoms in total. The highest BCUT2D eigenvalue weighted by Crippen LogP contribution is 2.30. The Labute approximate surface area is 103 Å². The van der Waals surface area contributed by atoms with Crippen LogP contribution in [0.15, 0.2) is 0 Å². The summed E-state index contributed by atoms with van der Waals surface area (Å²) in [6.45, 7) is 3.50. The molecule has 0 aromatic heterocycles. The molecule has 17 heavy (non-hydrogen) atoms. The van der Waals surface area contributed by atoms with E-state index in [9.17, 15) is 9.59 Å². The van der Waals surface area contributed by atoms with Crippen LogP contribution in [-0.4, -0.2) is 22.5 Å². The van der Waals surface area contributed by atoms with Gasteiger partial charge in [0.2, 0.25) is 5.91 Å². The summed E-state index contributed by atoms with van der Waals surface area (Å²) in [5, 5.41) is 11.8. The van der Waals surface area contributed by atoms with Crippen molar-refractivity contribution in [2.24, 2.45) is 5.92 Å². The average molecular weight is 241 g/mol. The Kier molecular flexibility index (Phi) is 4.97. The molecule has 1 saturated carbocycles. The highest BCUT2D eigenvalue weighted by molar-refractivity contribution is 5.86. The lowest BCUT2D eigenvalue weighted by molar-refractivity contribution is -0.147. The topological polar surface area (TPSA) is 66.4 Å². The van der Waals surface area contributed by atoms with Crippen LogP contribution in [0, 0.1) is 5.92 Å². The number of rotatable bonds is 7. The van der Waals surface area contributed by atoms with Gasteiger partial charge in [0.15, 0.2) is 0 Å². The molecule has 0 aromatic rings. The number of amides is 1. The zero-order valence-corrected chi connectivity index (χ0v) is 10.8. The number of nitrogens with one attached hydrogen (secondary N) is 1. The molecule has 0 bridgehead atoms. The second kappa shape index (κ2) is 6.03. The van der Waals surface area contributed by atoms with Gasteiger partial charge in [-0.15, -0.1) is 0 Å². The second-order valence-corrected chi connectivity index (χ2v) is 5.27. The van der Waals surface area contributed by atoms with Crippen LogP contribution >= 0.6 is 0 Å². The van der Waals surface area contributed by atoms with Crippen molar-refractivity contribution in [2.45, 2.75) is 64.3 Å². The van der Waals surface area contributed by atoms with Gasteiger partial charge < -0.3 is 10.4 Å². The van der Waals surface area contributed by atoms with Gasteiger partial charge in [-0.05, 0) is 25.7 Å². The van der Waals surface area contributed by atoms with Crippen LogP contribution in [0.4, 0.5) is 0 Å². The third-order valence-corrected chi connectivity index (χ3v) is 3.64. The van der Waals surface area contributed by atoms with E-state index in [1.165, 1.54) is 19.3 Å². The fraction of sp³-hybridized carbons (Fsp3) is 0.846. The number of aliphatic carboxylic acids is 1. The van der Waals surface area contributed by atoms with Crippen molar-refractivity contribution >= 4 is 11.9 Å². The van der Waals surface area contributed by atoms with Crippen LogP contribution in [0.5, 0.6) is 0 Å². The lowest BCUT2D eigenvalue weighted by atomic mass is 9.82. The molecule has 0 heterocycles. The third kappa shape index (κ3) is 4.02. The van der Waals surface area contributed by atoms with Crippen LogP contribution in [0.25, 0.3) is 0 Å². The minimum atomic E-state index is -1.11. The normalized spacial score (nSPS) is 19.2. The van der Waals surface area contributed by atoms with Crippen molar-refractivity contribution in [1.29, 1.82) is 0 Å². The van der Waals surface area contributed by atoms with E-state index in [-0.39, 0.29) is 5.91 Å². The monoisotopic (exact) mass is 241 g/mol. The first-order valence-electron chi connectivity index (χ1n) is 6.52. The van der Waals surface area contributed by atoms with Gasteiger partial charge in [-0.2, -0.15) is 0 Å². The van der Waals surface area contributed by atoms with Gasteiger partial charge in [-0.25, -0.2) is 4.79 Å². The predicted molar refractivity (Wildman–Crippen MR) is 65.7 cm³/mol. The summed E-state index contributed by atoms with van der Waals surface area (Å²) in [7, 11) is 0. The summed E-state index contributed by atoms with van der Waals surface area (Å²) in [6.07, 6.45) is 6.28. The van der Waals surface area contributed by atoms with Crippen LogP contribution in [0.2, 0.25) is 0 Å². The largest absolute Gasteiger partial charge is 0.480 e. The maximum absolute atomic E-state index is 11.7. The molecule has 1 aliphatic carbocycles. The fourth-order valence-corrected chi connectivity index (χ4v) is 2.21. The highest BCUT2D eigenvalue weighted by Gasteiger charge is 2.33. The Morgan fingerprint density at radius 1 is 1.41 bits per heavy atom. The Hall–Kier alpha value is -1.06. The SMILES string of the molecule is CCCC(C)(NC(=O)CCC1CCC1)C(=O)O. The van der Waals surface area contributed by atoms with E-state index < -0.39 is 11.5 Å². The zero-order chi connectivity index (χ0) is 12.9. The Balaban J connectivity index is 2.37. The van der Waals surface area contributed by atoms with Crippen LogP contribution in [0.3, 0.4) is 0 Å². The molecule has 0 spiro atoms. The lowest BCUT2D eigenvalue weighted by Gasteiger charge is -2.28. The smallest absolute Gasteiger partial charge is 0.329 e. The van der Waals surface area contributed by atoms with Crippen molar-refractivity contribution in [2.75, 3.05) is 0 Å². The summed E-state index contributed by atoms with van der Waals surface area (Å²) in [4.78, 5) is 22.8. The van der Waals surface area contributed by atoms with E-state index in [1.54, 1.807) is 6.92 Å². The van der Waals surface area contributed by atoms with E-state index in [2.05, 4.69) is 5.32 Å². The number of hydrogen-bond acceptors (Lipinski definition) is 2. The molecule has 1 fully saturated rings. The number of carboxylic acid groups (broad SMARTS) is 1. The molecule has 0 aromatic carbocycles. The summed E-state index contributed by atoms with van der Waals surface area (Å²) in [6, 6.07) is 0. The van der Waals surface area contributed by atoms with Crippen molar-refractivity contribution in [3.05, 3.63) is 0 Å². The maximum Gasteiger partial charge on any atom is 0.329 e. The van der Waals surface area contributed by atoms with Gasteiger partial charge in [0.1, 0.15) is 5.54 Å². The van der Waals surface area contributed by atoms with Crippen molar-refractivity contribution in [3.63, 3.8) is 0 Å². The molecule has 1 unspecified atom stereocenters. The maximum atomic E-state index is 11.7. The van der Waals surface area contributed by atoms with Gasteiger partial charge in [-0.3, -0.25) is 4.79 Å². The molecule has 1 rings (SSSR count). The zero-order valence-electron chi connectivity index (χ0n) is 10.8. The van der Waals surface area contributed by atoms with E-state index in [1.807, 2.05) is 6.92 Å². The van der Waals surface area contributed by atoms with Gasteiger partial charge in [0.25, 0.3) is 0 Å². The predicted octanol–water partition coefficient (Wildman–Crippen LogP) is 2.33. The minimum absolute atomic E-state index is 0.129. The number of carboxylic acids is 1. The first-order chi connectivity index (χ1) is 7.98. The molecule has 0 radical (unpaired) electrons. The Morgan fingerprint density at radius 2 is 2.06 bits per heavy atom. The summed E-state index contributed by atoms with van der Waals surface area (Å²) in [5.74, 6) is -0.394. The number of hydrogen-bond donors (Lipinski definition) is 2. The first kappa shape index (κ1) is 14.0. The average Bonchev–Trinajstić information content (AvgIpc) is 2.15. The van der Waals surface area contributed by atoms with Crippen LogP contribution in [-0.2, 0) is 9.59 Å². The molecule has 1 aliphatic rings. The van der Waals surface area contributed by atoms with E-state index in [4.69, 9.17) is 5.11 Å². The van der Waals surface area contributed by atoms with Crippen LogP contribution in [0.1, 0.15) is 58.8 Å². The lowest BCUT2D eigenvalue weighted by Crippen LogP contribution is -2.52. The van der Waals surface area contributed by atoms with Gasteiger partial charge in [-0.1, -0.05) is 32.6 Å². The van der Waals surface area contributed by atoms with E-state index in [0.717, 1.165) is 12.8 Å². The minimum Gasteiger partial charge on any atom is -0.480 e. The molecule has 4 heteroatoms. The number of carbonyl (C=O) groups excluding carboxylic acids is 1. The fourth-order valence-electron chi connectivity index (χ4n) is 2.21. The highest BCUT2D eigenvalue weighted by atomic mass is 16.4. The summed E-state index contributed by atoms with van der Waals surface area (Å²) in [5.41, 5.74) is -1.11. The second-order valence-electron chi connectivity index (χ2n) is 5.27. The van der Waals surface area contributed by atoms with Crippen LogP contribution < -0.4 is 5.32 Å². The van der Waals surface area contributed by atoms with E-state index >= 15 is 0 Å². The molecular formula is C13H23NO3. The van der Waals surface area contributed by atoms with Crippen molar-refractivity contribution < 1.29 is 14.7 Å². The van der Waals surface area contributed by atoms with Gasteiger partial charge in [0, 0.05) is 6.42 Å². The molecular weight excluding hydrogens is 218 g/mol. The molecule has 1 amide bonds. The quantitative estimate of drug-likeness (QED) is 0.719.